The molecule has 88 valence electrons. The Kier molecular flexibility index (Phi) is 3.65. The molecule has 2 saturated heterocycles. The van der Waals surface area contributed by atoms with Crippen LogP contribution in [0.5, 0.6) is 0 Å². The highest BCUT2D eigenvalue weighted by molar-refractivity contribution is 4.84. The molecule has 2 heterocycles. The second-order valence-corrected chi connectivity index (χ2v) is 5.53. The number of likely N-dealkylation sites (tertiary alicyclic amines) is 1. The van der Waals surface area contributed by atoms with Gasteiger partial charge in [0.25, 0.3) is 0 Å². The average Bonchev–Trinajstić information content (AvgIpc) is 2.17. The maximum absolute atomic E-state index is 10.0. The van der Waals surface area contributed by atoms with Crippen molar-refractivity contribution >= 4 is 0 Å². The zero-order chi connectivity index (χ0) is 10.7. The van der Waals surface area contributed by atoms with Crippen LogP contribution in [0.4, 0.5) is 0 Å². The fourth-order valence-corrected chi connectivity index (χ4v) is 2.91. The molecule has 2 fully saturated rings. The molecule has 1 unspecified atom stereocenters. The minimum Gasteiger partial charge on any atom is -0.389 e. The monoisotopic (exact) mass is 212 g/mol. The summed E-state index contributed by atoms with van der Waals surface area (Å²) in [7, 11) is 0. The number of piperidine rings is 2. The van der Waals surface area contributed by atoms with Crippen molar-refractivity contribution in [2.24, 2.45) is 5.92 Å². The van der Waals surface area contributed by atoms with Crippen LogP contribution in [0.3, 0.4) is 0 Å². The first kappa shape index (κ1) is 11.4. The van der Waals surface area contributed by atoms with Crippen molar-refractivity contribution < 1.29 is 5.11 Å². The molecule has 3 nitrogen and oxygen atoms in total. The van der Waals surface area contributed by atoms with Crippen LogP contribution in [0.1, 0.15) is 32.6 Å². The summed E-state index contributed by atoms with van der Waals surface area (Å²) in [5.74, 6) is 0.847. The van der Waals surface area contributed by atoms with Crippen molar-refractivity contribution in [2.75, 3.05) is 32.7 Å². The van der Waals surface area contributed by atoms with E-state index in [4.69, 9.17) is 0 Å². The van der Waals surface area contributed by atoms with E-state index in [1.807, 2.05) is 6.92 Å². The Morgan fingerprint density at radius 1 is 1.40 bits per heavy atom. The molecule has 0 bridgehead atoms. The standard InChI is InChI=1S/C12H24N2O/c1-12(15)5-2-8-14(10-12)9-11-3-6-13-7-4-11/h11,13,15H,2-10H2,1H3. The number of nitrogens with one attached hydrogen (secondary N) is 1. The normalized spacial score (nSPS) is 35.6. The van der Waals surface area contributed by atoms with Crippen LogP contribution in [0, 0.1) is 5.92 Å². The second kappa shape index (κ2) is 4.81. The quantitative estimate of drug-likeness (QED) is 0.712. The number of β-amino-alcohol motifs (C(OH)–C–C–N with tert-alkyl or cyclic N) is 1. The maximum Gasteiger partial charge on any atom is 0.0746 e. The van der Waals surface area contributed by atoms with Gasteiger partial charge < -0.3 is 15.3 Å². The highest BCUT2D eigenvalue weighted by Gasteiger charge is 2.29. The first-order valence-electron chi connectivity index (χ1n) is 6.31. The summed E-state index contributed by atoms with van der Waals surface area (Å²) < 4.78 is 0. The number of hydrogen-bond acceptors (Lipinski definition) is 3. The fraction of sp³-hybridized carbons (Fsp3) is 1.00. The van der Waals surface area contributed by atoms with Crippen molar-refractivity contribution in [3.63, 3.8) is 0 Å². The van der Waals surface area contributed by atoms with Crippen molar-refractivity contribution in [3.8, 4) is 0 Å². The summed E-state index contributed by atoms with van der Waals surface area (Å²) >= 11 is 0. The summed E-state index contributed by atoms with van der Waals surface area (Å²) in [5, 5.41) is 13.4. The predicted molar refractivity (Wildman–Crippen MR) is 61.9 cm³/mol. The smallest absolute Gasteiger partial charge is 0.0746 e. The molecule has 2 N–H and O–H groups in total. The predicted octanol–water partition coefficient (Wildman–Crippen LogP) is 0.833. The lowest BCUT2D eigenvalue weighted by atomic mass is 9.92. The third-order valence-corrected chi connectivity index (χ3v) is 3.73. The van der Waals surface area contributed by atoms with Gasteiger partial charge in [0, 0.05) is 13.1 Å². The Labute approximate surface area is 92.8 Å². The van der Waals surface area contributed by atoms with Gasteiger partial charge in [-0.15, -0.1) is 0 Å². The van der Waals surface area contributed by atoms with Crippen molar-refractivity contribution in [1.29, 1.82) is 0 Å². The van der Waals surface area contributed by atoms with E-state index in [1.54, 1.807) is 0 Å². The topological polar surface area (TPSA) is 35.5 Å². The van der Waals surface area contributed by atoms with Gasteiger partial charge in [-0.25, -0.2) is 0 Å². The lowest BCUT2D eigenvalue weighted by Gasteiger charge is -2.39. The van der Waals surface area contributed by atoms with Crippen LogP contribution >= 0.6 is 0 Å². The molecule has 0 amide bonds. The van der Waals surface area contributed by atoms with Crippen molar-refractivity contribution in [1.82, 2.24) is 10.2 Å². The molecule has 0 spiro atoms. The average molecular weight is 212 g/mol. The highest BCUT2D eigenvalue weighted by atomic mass is 16.3. The second-order valence-electron chi connectivity index (χ2n) is 5.53. The molecular formula is C12H24N2O. The van der Waals surface area contributed by atoms with Gasteiger partial charge in [-0.2, -0.15) is 0 Å². The highest BCUT2D eigenvalue weighted by Crippen LogP contribution is 2.22. The summed E-state index contributed by atoms with van der Waals surface area (Å²) in [6.45, 7) is 7.57. The Balaban J connectivity index is 1.78. The van der Waals surface area contributed by atoms with Crippen LogP contribution in [0.2, 0.25) is 0 Å². The zero-order valence-corrected chi connectivity index (χ0v) is 9.84. The molecule has 0 saturated carbocycles. The van der Waals surface area contributed by atoms with Gasteiger partial charge in [0.05, 0.1) is 5.60 Å². The van der Waals surface area contributed by atoms with Gasteiger partial charge in [0.1, 0.15) is 0 Å². The van der Waals surface area contributed by atoms with E-state index in [1.165, 1.54) is 39.0 Å². The Hall–Kier alpha value is -0.120. The minimum absolute atomic E-state index is 0.439. The largest absolute Gasteiger partial charge is 0.389 e. The summed E-state index contributed by atoms with van der Waals surface area (Å²) in [6, 6.07) is 0. The third-order valence-electron chi connectivity index (χ3n) is 3.73. The van der Waals surface area contributed by atoms with Gasteiger partial charge in [-0.1, -0.05) is 0 Å². The van der Waals surface area contributed by atoms with Crippen LogP contribution in [0.15, 0.2) is 0 Å². The van der Waals surface area contributed by atoms with Crippen molar-refractivity contribution in [3.05, 3.63) is 0 Å². The zero-order valence-electron chi connectivity index (χ0n) is 9.84. The molecule has 0 radical (unpaired) electrons. The third kappa shape index (κ3) is 3.44. The summed E-state index contributed by atoms with van der Waals surface area (Å²) in [6.07, 6.45) is 4.73. The van der Waals surface area contributed by atoms with Gasteiger partial charge >= 0.3 is 0 Å². The van der Waals surface area contributed by atoms with Gasteiger partial charge in [0.2, 0.25) is 0 Å². The molecule has 0 aromatic carbocycles. The van der Waals surface area contributed by atoms with E-state index >= 15 is 0 Å². The van der Waals surface area contributed by atoms with Crippen LogP contribution in [-0.2, 0) is 0 Å². The molecular weight excluding hydrogens is 188 g/mol. The van der Waals surface area contributed by atoms with Gasteiger partial charge in [-0.3, -0.25) is 0 Å². The summed E-state index contributed by atoms with van der Waals surface area (Å²) in [5.41, 5.74) is -0.439. The Morgan fingerprint density at radius 3 is 2.80 bits per heavy atom. The number of aliphatic hydroxyl groups is 1. The first-order chi connectivity index (χ1) is 7.16. The van der Waals surface area contributed by atoms with Crippen LogP contribution < -0.4 is 5.32 Å². The van der Waals surface area contributed by atoms with E-state index < -0.39 is 5.60 Å². The van der Waals surface area contributed by atoms with Crippen LogP contribution in [0.25, 0.3) is 0 Å². The maximum atomic E-state index is 10.0. The Morgan fingerprint density at radius 2 is 2.13 bits per heavy atom. The van der Waals surface area contributed by atoms with E-state index in [9.17, 15) is 5.11 Å². The number of rotatable bonds is 2. The first-order valence-corrected chi connectivity index (χ1v) is 6.31. The SMILES string of the molecule is CC1(O)CCCN(CC2CCNCC2)C1. The number of nitrogens with zero attached hydrogens (tertiary/aromatic N) is 1. The molecule has 2 aliphatic rings. The molecule has 0 aromatic rings. The van der Waals surface area contributed by atoms with Crippen LogP contribution in [-0.4, -0.2) is 48.3 Å². The molecule has 15 heavy (non-hydrogen) atoms. The van der Waals surface area contributed by atoms with Gasteiger partial charge in [0.15, 0.2) is 0 Å². The van der Waals surface area contributed by atoms with E-state index in [2.05, 4.69) is 10.2 Å². The molecule has 3 heteroatoms. The summed E-state index contributed by atoms with van der Waals surface area (Å²) in [4.78, 5) is 2.46. The minimum atomic E-state index is -0.439. The molecule has 2 aliphatic heterocycles. The van der Waals surface area contributed by atoms with E-state index in [0.29, 0.717) is 0 Å². The van der Waals surface area contributed by atoms with Crippen molar-refractivity contribution in [2.45, 2.75) is 38.2 Å². The van der Waals surface area contributed by atoms with E-state index in [0.717, 1.165) is 25.3 Å². The fourth-order valence-electron chi connectivity index (χ4n) is 2.91. The molecule has 1 atom stereocenters. The number of hydrogen-bond donors (Lipinski definition) is 2. The van der Waals surface area contributed by atoms with E-state index in [-0.39, 0.29) is 0 Å². The van der Waals surface area contributed by atoms with Gasteiger partial charge in [-0.05, 0) is 58.2 Å². The Bertz CT molecular complexity index is 200. The lowest BCUT2D eigenvalue weighted by molar-refractivity contribution is -0.0210. The molecule has 0 aromatic heterocycles. The molecule has 2 rings (SSSR count). The lowest BCUT2D eigenvalue weighted by Crippen LogP contribution is -2.48. The molecule has 0 aliphatic carbocycles.